The monoisotopic (exact) mass is 166 g/mol. The van der Waals surface area contributed by atoms with Crippen molar-refractivity contribution >= 4 is 0 Å². The summed E-state index contributed by atoms with van der Waals surface area (Å²) in [7, 11) is 0. The van der Waals surface area contributed by atoms with Crippen LogP contribution in [0.3, 0.4) is 0 Å². The Morgan fingerprint density at radius 3 is 2.67 bits per heavy atom. The van der Waals surface area contributed by atoms with Crippen molar-refractivity contribution in [2.45, 2.75) is 19.8 Å². The Morgan fingerprint density at radius 1 is 1.42 bits per heavy atom. The molecule has 0 spiro atoms. The molecule has 0 amide bonds. The van der Waals surface area contributed by atoms with E-state index in [-0.39, 0.29) is 0 Å². The van der Waals surface area contributed by atoms with Crippen LogP contribution in [0, 0.1) is 0 Å². The van der Waals surface area contributed by atoms with Crippen LogP contribution < -0.4 is 0 Å². The standard InChI is InChI=1S/C11H18O/c1-4-7-9-12-10-11(6-3)8-5-2/h5-6,8H,2-4,7,9-10H2,1H3/b11-8+. The van der Waals surface area contributed by atoms with Gasteiger partial charge in [-0.3, -0.25) is 0 Å². The molecule has 0 heterocycles. The van der Waals surface area contributed by atoms with Crippen molar-refractivity contribution in [3.8, 4) is 0 Å². The van der Waals surface area contributed by atoms with Crippen LogP contribution in [0.1, 0.15) is 19.8 Å². The zero-order valence-electron chi connectivity index (χ0n) is 7.88. The quantitative estimate of drug-likeness (QED) is 0.417. The minimum Gasteiger partial charge on any atom is -0.377 e. The molecule has 0 aliphatic heterocycles. The first-order chi connectivity index (χ1) is 5.85. The van der Waals surface area contributed by atoms with E-state index in [0.717, 1.165) is 18.6 Å². The fourth-order valence-corrected chi connectivity index (χ4v) is 0.763. The highest BCUT2D eigenvalue weighted by atomic mass is 16.5. The fraction of sp³-hybridized carbons (Fsp3) is 0.455. The first-order valence-electron chi connectivity index (χ1n) is 4.37. The molecule has 0 radical (unpaired) electrons. The lowest BCUT2D eigenvalue weighted by Gasteiger charge is -2.02. The van der Waals surface area contributed by atoms with Crippen molar-refractivity contribution in [2.75, 3.05) is 13.2 Å². The van der Waals surface area contributed by atoms with Crippen LogP contribution in [0.4, 0.5) is 0 Å². The minimum absolute atomic E-state index is 0.648. The van der Waals surface area contributed by atoms with Crippen molar-refractivity contribution in [3.63, 3.8) is 0 Å². The Labute approximate surface area is 75.4 Å². The third kappa shape index (κ3) is 5.93. The average Bonchev–Trinajstić information content (AvgIpc) is 2.10. The molecule has 0 N–H and O–H groups in total. The predicted molar refractivity (Wildman–Crippen MR) is 54.2 cm³/mol. The van der Waals surface area contributed by atoms with E-state index in [1.165, 1.54) is 6.42 Å². The van der Waals surface area contributed by atoms with Gasteiger partial charge >= 0.3 is 0 Å². The zero-order chi connectivity index (χ0) is 9.23. The summed E-state index contributed by atoms with van der Waals surface area (Å²) >= 11 is 0. The highest BCUT2D eigenvalue weighted by Crippen LogP contribution is 1.98. The third-order valence-electron chi connectivity index (χ3n) is 1.51. The lowest BCUT2D eigenvalue weighted by atomic mass is 10.2. The highest BCUT2D eigenvalue weighted by Gasteiger charge is 1.90. The van der Waals surface area contributed by atoms with Gasteiger partial charge in [-0.05, 0) is 12.0 Å². The lowest BCUT2D eigenvalue weighted by molar-refractivity contribution is 0.154. The van der Waals surface area contributed by atoms with Gasteiger partial charge in [-0.15, -0.1) is 0 Å². The van der Waals surface area contributed by atoms with Crippen LogP contribution in [-0.2, 0) is 4.74 Å². The Hall–Kier alpha value is -0.820. The van der Waals surface area contributed by atoms with Gasteiger partial charge in [-0.1, -0.05) is 44.7 Å². The molecular weight excluding hydrogens is 148 g/mol. The Balaban J connectivity index is 3.51. The topological polar surface area (TPSA) is 9.23 Å². The van der Waals surface area contributed by atoms with Gasteiger partial charge in [0, 0.05) is 6.61 Å². The smallest absolute Gasteiger partial charge is 0.0716 e. The normalized spacial score (nSPS) is 11.2. The molecule has 0 saturated carbocycles. The molecule has 12 heavy (non-hydrogen) atoms. The molecule has 1 heteroatoms. The molecule has 68 valence electrons. The van der Waals surface area contributed by atoms with E-state index in [2.05, 4.69) is 20.1 Å². The van der Waals surface area contributed by atoms with E-state index in [4.69, 9.17) is 4.74 Å². The van der Waals surface area contributed by atoms with Gasteiger partial charge in [0.15, 0.2) is 0 Å². The maximum atomic E-state index is 5.39. The van der Waals surface area contributed by atoms with Crippen LogP contribution in [0.15, 0.2) is 37.0 Å². The van der Waals surface area contributed by atoms with E-state index < -0.39 is 0 Å². The largest absolute Gasteiger partial charge is 0.377 e. The second-order valence-corrected chi connectivity index (χ2v) is 2.59. The summed E-state index contributed by atoms with van der Waals surface area (Å²) in [5, 5.41) is 0. The lowest BCUT2D eigenvalue weighted by Crippen LogP contribution is -1.97. The molecule has 0 saturated heterocycles. The number of ether oxygens (including phenoxy) is 1. The number of rotatable bonds is 7. The second kappa shape index (κ2) is 8.28. The molecule has 0 aromatic carbocycles. The van der Waals surface area contributed by atoms with Gasteiger partial charge in [0.1, 0.15) is 0 Å². The van der Waals surface area contributed by atoms with Crippen molar-refractivity contribution < 1.29 is 4.74 Å². The molecule has 0 aliphatic rings. The molecule has 0 fully saturated rings. The first-order valence-corrected chi connectivity index (χ1v) is 4.37. The number of hydrogen-bond acceptors (Lipinski definition) is 1. The minimum atomic E-state index is 0.648. The average molecular weight is 166 g/mol. The van der Waals surface area contributed by atoms with Crippen molar-refractivity contribution in [3.05, 3.63) is 37.0 Å². The summed E-state index contributed by atoms with van der Waals surface area (Å²) in [4.78, 5) is 0. The molecule has 0 atom stereocenters. The van der Waals surface area contributed by atoms with E-state index in [1.807, 2.05) is 6.08 Å². The van der Waals surface area contributed by atoms with E-state index in [1.54, 1.807) is 12.2 Å². The van der Waals surface area contributed by atoms with Gasteiger partial charge in [0.2, 0.25) is 0 Å². The van der Waals surface area contributed by atoms with Crippen LogP contribution in [0.2, 0.25) is 0 Å². The molecule has 1 nitrogen and oxygen atoms in total. The molecule has 0 aromatic rings. The summed E-state index contributed by atoms with van der Waals surface area (Å²) in [6, 6.07) is 0. The van der Waals surface area contributed by atoms with E-state index in [9.17, 15) is 0 Å². The van der Waals surface area contributed by atoms with Gasteiger partial charge in [-0.2, -0.15) is 0 Å². The fourth-order valence-electron chi connectivity index (χ4n) is 0.763. The number of allylic oxidation sites excluding steroid dienone is 2. The second-order valence-electron chi connectivity index (χ2n) is 2.59. The Morgan fingerprint density at radius 2 is 2.17 bits per heavy atom. The Kier molecular flexibility index (Phi) is 7.71. The molecule has 0 aliphatic carbocycles. The number of unbranched alkanes of at least 4 members (excludes halogenated alkanes) is 1. The SMILES string of the molecule is C=C/C=C(\C=C)COCCCC. The zero-order valence-corrected chi connectivity index (χ0v) is 7.88. The summed E-state index contributed by atoms with van der Waals surface area (Å²) in [5.74, 6) is 0. The summed E-state index contributed by atoms with van der Waals surface area (Å²) in [6.45, 7) is 10.9. The van der Waals surface area contributed by atoms with E-state index >= 15 is 0 Å². The Bertz CT molecular complexity index is 156. The number of hydrogen-bond donors (Lipinski definition) is 0. The molecule has 0 unspecified atom stereocenters. The van der Waals surface area contributed by atoms with Crippen LogP contribution in [-0.4, -0.2) is 13.2 Å². The van der Waals surface area contributed by atoms with Gasteiger partial charge in [-0.25, -0.2) is 0 Å². The summed E-state index contributed by atoms with van der Waals surface area (Å²) in [6.07, 6.45) is 7.76. The third-order valence-corrected chi connectivity index (χ3v) is 1.51. The van der Waals surface area contributed by atoms with Crippen molar-refractivity contribution in [2.24, 2.45) is 0 Å². The van der Waals surface area contributed by atoms with Crippen LogP contribution >= 0.6 is 0 Å². The van der Waals surface area contributed by atoms with Gasteiger partial charge in [0.25, 0.3) is 0 Å². The highest BCUT2D eigenvalue weighted by molar-refractivity contribution is 5.21. The van der Waals surface area contributed by atoms with Gasteiger partial charge in [0.05, 0.1) is 6.61 Å². The summed E-state index contributed by atoms with van der Waals surface area (Å²) < 4.78 is 5.39. The molecular formula is C11H18O. The maximum absolute atomic E-state index is 5.39. The first kappa shape index (κ1) is 11.2. The van der Waals surface area contributed by atoms with Gasteiger partial charge < -0.3 is 4.74 Å². The van der Waals surface area contributed by atoms with Crippen LogP contribution in [0.25, 0.3) is 0 Å². The van der Waals surface area contributed by atoms with Crippen molar-refractivity contribution in [1.82, 2.24) is 0 Å². The predicted octanol–water partition coefficient (Wildman–Crippen LogP) is 3.10. The van der Waals surface area contributed by atoms with E-state index in [0.29, 0.717) is 6.61 Å². The molecule has 0 rings (SSSR count). The molecule has 0 aromatic heterocycles. The van der Waals surface area contributed by atoms with Crippen LogP contribution in [0.5, 0.6) is 0 Å². The van der Waals surface area contributed by atoms with Crippen molar-refractivity contribution in [1.29, 1.82) is 0 Å². The maximum Gasteiger partial charge on any atom is 0.0716 e. The summed E-state index contributed by atoms with van der Waals surface area (Å²) in [5.41, 5.74) is 1.08. The molecule has 0 bridgehead atoms.